The monoisotopic (exact) mass is 626 g/mol. The van der Waals surface area contributed by atoms with Gasteiger partial charge in [0.15, 0.2) is 10.3 Å². The normalized spacial score (nSPS) is 16.8. The van der Waals surface area contributed by atoms with E-state index >= 15 is 0 Å². The van der Waals surface area contributed by atoms with Crippen LogP contribution in [0.15, 0.2) is 44.4 Å². The summed E-state index contributed by atoms with van der Waals surface area (Å²) in [6.45, 7) is 4.21. The van der Waals surface area contributed by atoms with E-state index in [-0.39, 0.29) is 11.1 Å². The molecule has 2 fully saturated rings. The van der Waals surface area contributed by atoms with Crippen molar-refractivity contribution in [1.29, 1.82) is 0 Å². The summed E-state index contributed by atoms with van der Waals surface area (Å²) in [5, 5.41) is 1.49. The fourth-order valence-corrected chi connectivity index (χ4v) is 8.34. The van der Waals surface area contributed by atoms with Gasteiger partial charge in [-0.15, -0.1) is 0 Å². The fourth-order valence-electron chi connectivity index (χ4n) is 6.34. The zero-order valence-electron chi connectivity index (χ0n) is 25.4. The Labute approximate surface area is 265 Å². The fraction of sp³-hybridized carbons (Fsp3) is 0.471. The van der Waals surface area contributed by atoms with Gasteiger partial charge in [-0.3, -0.25) is 19.6 Å². The van der Waals surface area contributed by atoms with E-state index in [0.717, 1.165) is 88.6 Å². The van der Waals surface area contributed by atoms with E-state index in [1.165, 1.54) is 53.6 Å². The molecule has 4 aliphatic carbocycles. The van der Waals surface area contributed by atoms with Gasteiger partial charge in [0.2, 0.25) is 0 Å². The third kappa shape index (κ3) is 6.42. The van der Waals surface area contributed by atoms with Crippen LogP contribution in [0.1, 0.15) is 107 Å². The van der Waals surface area contributed by atoms with Crippen LogP contribution in [0.5, 0.6) is 0 Å². The molecule has 0 spiro atoms. The first-order chi connectivity index (χ1) is 21.4. The maximum absolute atomic E-state index is 12.1. The first kappa shape index (κ1) is 29.5. The minimum Gasteiger partial charge on any atom is -0.301 e. The Hall–Kier alpha value is -3.24. The van der Waals surface area contributed by atoms with Gasteiger partial charge in [-0.1, -0.05) is 23.5 Å². The summed E-state index contributed by atoms with van der Waals surface area (Å²) >= 11 is 3.24. The third-order valence-electron chi connectivity index (χ3n) is 9.16. The second-order valence-corrected chi connectivity index (χ2v) is 14.3. The number of fused-ring (bicyclic) bond motifs is 2. The van der Waals surface area contributed by atoms with Gasteiger partial charge < -0.3 is 9.97 Å². The van der Waals surface area contributed by atoms with Gasteiger partial charge in [0.1, 0.15) is 0 Å². The molecule has 0 aromatic carbocycles. The molecule has 0 amide bonds. The summed E-state index contributed by atoms with van der Waals surface area (Å²) in [5.41, 5.74) is 11.6. The van der Waals surface area contributed by atoms with Gasteiger partial charge in [0.25, 0.3) is 11.1 Å². The SMILES string of the molecule is Cc1ccnc(C2CC2)c1CSc1nc2c(c(=O)[nH]1)CCC2.Cc1nccc(C2CC2)c1CSc1nc2c(c(=O)[nH]1)CCC2. The van der Waals surface area contributed by atoms with Crippen LogP contribution in [-0.2, 0) is 37.2 Å². The van der Waals surface area contributed by atoms with E-state index in [9.17, 15) is 9.59 Å². The van der Waals surface area contributed by atoms with Crippen molar-refractivity contribution in [1.82, 2.24) is 29.9 Å². The quantitative estimate of drug-likeness (QED) is 0.174. The number of rotatable bonds is 8. The molecule has 8 rings (SSSR count). The lowest BCUT2D eigenvalue weighted by molar-refractivity contribution is 0.868. The molecule has 228 valence electrons. The molecule has 0 radical (unpaired) electrons. The maximum Gasteiger partial charge on any atom is 0.254 e. The number of hydrogen-bond donors (Lipinski definition) is 2. The van der Waals surface area contributed by atoms with Gasteiger partial charge >= 0.3 is 0 Å². The average molecular weight is 627 g/mol. The summed E-state index contributed by atoms with van der Waals surface area (Å²) < 4.78 is 0. The summed E-state index contributed by atoms with van der Waals surface area (Å²) in [5.74, 6) is 3.01. The van der Waals surface area contributed by atoms with E-state index in [0.29, 0.717) is 11.8 Å². The molecule has 0 atom stereocenters. The van der Waals surface area contributed by atoms with Crippen molar-refractivity contribution in [2.24, 2.45) is 0 Å². The summed E-state index contributed by atoms with van der Waals surface area (Å²) in [4.78, 5) is 48.3. The van der Waals surface area contributed by atoms with Crippen molar-refractivity contribution in [3.8, 4) is 0 Å². The molecule has 2 saturated carbocycles. The summed E-state index contributed by atoms with van der Waals surface area (Å²) in [7, 11) is 0. The topological polar surface area (TPSA) is 117 Å². The number of H-pyrrole nitrogens is 2. The van der Waals surface area contributed by atoms with E-state index < -0.39 is 0 Å². The number of pyridine rings is 2. The van der Waals surface area contributed by atoms with Crippen LogP contribution >= 0.6 is 23.5 Å². The highest BCUT2D eigenvalue weighted by Crippen LogP contribution is 2.43. The van der Waals surface area contributed by atoms with Crippen LogP contribution in [0.4, 0.5) is 0 Å². The van der Waals surface area contributed by atoms with Gasteiger partial charge in [0, 0.05) is 52.3 Å². The lowest BCUT2D eigenvalue weighted by atomic mass is 10.0. The van der Waals surface area contributed by atoms with Crippen molar-refractivity contribution in [3.05, 3.63) is 101 Å². The minimum atomic E-state index is 0.0512. The Balaban J connectivity index is 0.000000142. The van der Waals surface area contributed by atoms with Gasteiger partial charge in [-0.05, 0) is 118 Å². The van der Waals surface area contributed by atoms with Crippen molar-refractivity contribution < 1.29 is 0 Å². The van der Waals surface area contributed by atoms with Crippen molar-refractivity contribution in [3.63, 3.8) is 0 Å². The van der Waals surface area contributed by atoms with Crippen molar-refractivity contribution >= 4 is 23.5 Å². The highest BCUT2D eigenvalue weighted by atomic mass is 32.2. The van der Waals surface area contributed by atoms with E-state index in [1.54, 1.807) is 23.5 Å². The number of aryl methyl sites for hydroxylation is 4. The molecular formula is C34H38N6O2S2. The predicted octanol–water partition coefficient (Wildman–Crippen LogP) is 6.26. The first-order valence-electron chi connectivity index (χ1n) is 15.8. The molecule has 4 aliphatic rings. The van der Waals surface area contributed by atoms with Crippen molar-refractivity contribution in [2.75, 3.05) is 0 Å². The van der Waals surface area contributed by atoms with Crippen LogP contribution in [0.3, 0.4) is 0 Å². The highest BCUT2D eigenvalue weighted by molar-refractivity contribution is 7.98. The Morgan fingerprint density at radius 2 is 1.30 bits per heavy atom. The molecule has 0 saturated heterocycles. The van der Waals surface area contributed by atoms with Crippen LogP contribution in [-0.4, -0.2) is 29.9 Å². The molecule has 10 heteroatoms. The van der Waals surface area contributed by atoms with E-state index in [1.807, 2.05) is 12.4 Å². The zero-order chi connectivity index (χ0) is 30.2. The molecule has 44 heavy (non-hydrogen) atoms. The van der Waals surface area contributed by atoms with Gasteiger partial charge in [0.05, 0.1) is 11.4 Å². The first-order valence-corrected chi connectivity index (χ1v) is 17.8. The molecule has 8 nitrogen and oxygen atoms in total. The Bertz CT molecular complexity index is 1690. The minimum absolute atomic E-state index is 0.0512. The molecule has 4 aromatic heterocycles. The molecule has 0 bridgehead atoms. The van der Waals surface area contributed by atoms with E-state index in [4.69, 9.17) is 0 Å². The molecule has 0 unspecified atom stereocenters. The standard InChI is InChI=1S/2C17H19N3OS/c1-10-14(12(7-8-18-10)11-5-6-11)9-22-17-19-15-4-2-3-13(15)16(21)20-17;1-10-7-8-18-15(11-5-6-11)13(10)9-22-17-19-14-4-2-3-12(14)16(21)20-17/h2*7-8,11H,2-6,9H2,1H3,(H,19,20,21). The highest BCUT2D eigenvalue weighted by Gasteiger charge is 2.29. The number of hydrogen-bond acceptors (Lipinski definition) is 8. The van der Waals surface area contributed by atoms with Crippen molar-refractivity contribution in [2.45, 2.75) is 112 Å². The molecule has 0 aliphatic heterocycles. The molecular weight excluding hydrogens is 589 g/mol. The Morgan fingerprint density at radius 3 is 1.89 bits per heavy atom. The Kier molecular flexibility index (Phi) is 8.46. The Morgan fingerprint density at radius 1 is 0.727 bits per heavy atom. The number of nitrogens with zero attached hydrogens (tertiary/aromatic N) is 4. The predicted molar refractivity (Wildman–Crippen MR) is 175 cm³/mol. The number of aromatic amines is 2. The van der Waals surface area contributed by atoms with E-state index in [2.05, 4.69) is 55.9 Å². The lowest BCUT2D eigenvalue weighted by Gasteiger charge is -2.11. The largest absolute Gasteiger partial charge is 0.301 e. The summed E-state index contributed by atoms with van der Waals surface area (Å²) in [6.07, 6.45) is 14.6. The van der Waals surface area contributed by atoms with Crippen LogP contribution in [0, 0.1) is 13.8 Å². The van der Waals surface area contributed by atoms with Crippen LogP contribution in [0.25, 0.3) is 0 Å². The second kappa shape index (κ2) is 12.6. The number of thioether (sulfide) groups is 2. The molecule has 4 heterocycles. The van der Waals surface area contributed by atoms with Crippen LogP contribution < -0.4 is 11.1 Å². The molecule has 2 N–H and O–H groups in total. The number of aromatic nitrogens is 6. The summed E-state index contributed by atoms with van der Waals surface area (Å²) in [6, 6.07) is 4.22. The smallest absolute Gasteiger partial charge is 0.254 e. The second-order valence-electron chi connectivity index (χ2n) is 12.4. The molecule has 4 aromatic rings. The van der Waals surface area contributed by atoms with Crippen LogP contribution in [0.2, 0.25) is 0 Å². The maximum atomic E-state index is 12.1. The average Bonchev–Trinajstić information content (AvgIpc) is 3.94. The zero-order valence-corrected chi connectivity index (χ0v) is 27.0. The van der Waals surface area contributed by atoms with Gasteiger partial charge in [-0.2, -0.15) is 0 Å². The number of nitrogens with one attached hydrogen (secondary N) is 2. The third-order valence-corrected chi connectivity index (χ3v) is 11.0. The lowest BCUT2D eigenvalue weighted by Crippen LogP contribution is -2.15. The van der Waals surface area contributed by atoms with Gasteiger partial charge in [-0.25, -0.2) is 9.97 Å².